The number of esters is 1. The zero-order valence-corrected chi connectivity index (χ0v) is 12.1. The molecule has 2 atom stereocenters. The van der Waals surface area contributed by atoms with Crippen LogP contribution in [0.15, 0.2) is 0 Å². The molecule has 1 aliphatic carbocycles. The molecule has 2 unspecified atom stereocenters. The van der Waals surface area contributed by atoms with E-state index in [1.807, 2.05) is 11.5 Å². The summed E-state index contributed by atoms with van der Waals surface area (Å²) in [6, 6.07) is 0. The lowest BCUT2D eigenvalue weighted by molar-refractivity contribution is 0.0503. The average Bonchev–Trinajstić information content (AvgIpc) is 2.72. The molecule has 0 bridgehead atoms. The van der Waals surface area contributed by atoms with Crippen LogP contribution in [0.1, 0.15) is 56.0 Å². The van der Waals surface area contributed by atoms with Gasteiger partial charge in [0.1, 0.15) is 5.82 Å². The Labute approximate surface area is 114 Å². The van der Waals surface area contributed by atoms with E-state index in [2.05, 4.69) is 17.1 Å². The highest BCUT2D eigenvalue weighted by Crippen LogP contribution is 2.30. The van der Waals surface area contributed by atoms with Gasteiger partial charge < -0.3 is 9.30 Å². The van der Waals surface area contributed by atoms with Gasteiger partial charge in [0.05, 0.1) is 6.61 Å². The van der Waals surface area contributed by atoms with E-state index in [4.69, 9.17) is 4.74 Å². The quantitative estimate of drug-likeness (QED) is 0.785. The third kappa shape index (κ3) is 3.33. The van der Waals surface area contributed by atoms with Crippen LogP contribution < -0.4 is 0 Å². The molecule has 19 heavy (non-hydrogen) atoms. The van der Waals surface area contributed by atoms with Crippen molar-refractivity contribution in [3.63, 3.8) is 0 Å². The number of hydrogen-bond donors (Lipinski definition) is 0. The highest BCUT2D eigenvalue weighted by Gasteiger charge is 2.24. The third-order valence-corrected chi connectivity index (χ3v) is 3.88. The summed E-state index contributed by atoms with van der Waals surface area (Å²) in [5, 5.41) is 7.97. The molecule has 0 N–H and O–H groups in total. The Morgan fingerprint density at radius 2 is 2.21 bits per heavy atom. The monoisotopic (exact) mass is 265 g/mol. The molecule has 106 valence electrons. The van der Waals surface area contributed by atoms with Gasteiger partial charge in [0.15, 0.2) is 0 Å². The van der Waals surface area contributed by atoms with Crippen molar-refractivity contribution in [1.82, 2.24) is 14.8 Å². The van der Waals surface area contributed by atoms with Gasteiger partial charge in [0.2, 0.25) is 5.82 Å². The number of hydrogen-bond acceptors (Lipinski definition) is 4. The summed E-state index contributed by atoms with van der Waals surface area (Å²) in [4.78, 5) is 11.8. The lowest BCUT2D eigenvalue weighted by Crippen LogP contribution is -2.22. The third-order valence-electron chi connectivity index (χ3n) is 3.88. The maximum Gasteiger partial charge on any atom is 0.376 e. The molecule has 0 saturated heterocycles. The average molecular weight is 265 g/mol. The number of ether oxygens (including phenoxy) is 1. The Bertz CT molecular complexity index is 442. The first-order chi connectivity index (χ1) is 9.11. The molecule has 1 saturated carbocycles. The van der Waals surface area contributed by atoms with Gasteiger partial charge in [0.25, 0.3) is 0 Å². The van der Waals surface area contributed by atoms with E-state index in [0.29, 0.717) is 18.3 Å². The van der Waals surface area contributed by atoms with Crippen LogP contribution in [0.3, 0.4) is 0 Å². The molecule has 0 aliphatic heterocycles. The second-order valence-corrected chi connectivity index (χ2v) is 5.54. The zero-order chi connectivity index (χ0) is 13.8. The predicted octanol–water partition coefficient (Wildman–Crippen LogP) is 2.59. The SMILES string of the molecule is CCOC(=O)c1nnc(C)n1CC1CCCC(C)C1. The summed E-state index contributed by atoms with van der Waals surface area (Å²) in [6.07, 6.45) is 5.05. The van der Waals surface area contributed by atoms with Crippen LogP contribution in [0.2, 0.25) is 0 Å². The Balaban J connectivity index is 2.10. The summed E-state index contributed by atoms with van der Waals surface area (Å²) in [5.41, 5.74) is 0. The van der Waals surface area contributed by atoms with Crippen molar-refractivity contribution in [2.75, 3.05) is 6.61 Å². The first-order valence-corrected chi connectivity index (χ1v) is 7.18. The van der Waals surface area contributed by atoms with Crippen molar-refractivity contribution in [1.29, 1.82) is 0 Å². The molecule has 0 amide bonds. The second-order valence-electron chi connectivity index (χ2n) is 5.54. The maximum atomic E-state index is 11.8. The van der Waals surface area contributed by atoms with Gasteiger partial charge in [-0.3, -0.25) is 0 Å². The summed E-state index contributed by atoms with van der Waals surface area (Å²) in [7, 11) is 0. The van der Waals surface area contributed by atoms with E-state index in [1.54, 1.807) is 6.92 Å². The highest BCUT2D eigenvalue weighted by molar-refractivity contribution is 5.85. The molecule has 1 aromatic heterocycles. The number of carbonyl (C=O) groups excluding carboxylic acids is 1. The number of rotatable bonds is 4. The van der Waals surface area contributed by atoms with Gasteiger partial charge in [-0.15, -0.1) is 10.2 Å². The van der Waals surface area contributed by atoms with Gasteiger partial charge in [-0.2, -0.15) is 0 Å². The summed E-state index contributed by atoms with van der Waals surface area (Å²) < 4.78 is 6.95. The standard InChI is InChI=1S/C14H23N3O2/c1-4-19-14(18)13-16-15-11(3)17(13)9-12-7-5-6-10(2)8-12/h10,12H,4-9H2,1-3H3. The zero-order valence-electron chi connectivity index (χ0n) is 12.1. The first-order valence-electron chi connectivity index (χ1n) is 7.18. The number of carbonyl (C=O) groups is 1. The van der Waals surface area contributed by atoms with Crippen LogP contribution in [-0.4, -0.2) is 27.3 Å². The molecule has 0 radical (unpaired) electrons. The summed E-state index contributed by atoms with van der Waals surface area (Å²) in [6.45, 7) is 7.19. The lowest BCUT2D eigenvalue weighted by atomic mass is 9.82. The smallest absolute Gasteiger partial charge is 0.376 e. The molecule has 5 heteroatoms. The molecule has 5 nitrogen and oxygen atoms in total. The van der Waals surface area contributed by atoms with Crippen LogP contribution >= 0.6 is 0 Å². The topological polar surface area (TPSA) is 57.0 Å². The van der Waals surface area contributed by atoms with E-state index >= 15 is 0 Å². The van der Waals surface area contributed by atoms with Gasteiger partial charge in [-0.1, -0.05) is 19.8 Å². The van der Waals surface area contributed by atoms with E-state index in [1.165, 1.54) is 25.7 Å². The molecule has 1 aromatic rings. The molecular formula is C14H23N3O2. The molecule has 2 rings (SSSR count). The predicted molar refractivity (Wildman–Crippen MR) is 71.8 cm³/mol. The van der Waals surface area contributed by atoms with Crippen molar-refractivity contribution in [2.24, 2.45) is 11.8 Å². The highest BCUT2D eigenvalue weighted by atomic mass is 16.5. The number of nitrogens with zero attached hydrogens (tertiary/aromatic N) is 3. The van der Waals surface area contributed by atoms with Crippen LogP contribution in [0.4, 0.5) is 0 Å². The minimum absolute atomic E-state index is 0.345. The van der Waals surface area contributed by atoms with Crippen molar-refractivity contribution in [3.05, 3.63) is 11.6 Å². The minimum atomic E-state index is -0.369. The maximum absolute atomic E-state index is 11.8. The van der Waals surface area contributed by atoms with Crippen LogP contribution in [0, 0.1) is 18.8 Å². The van der Waals surface area contributed by atoms with Gasteiger partial charge in [-0.25, -0.2) is 4.79 Å². The fourth-order valence-electron chi connectivity index (χ4n) is 2.93. The second kappa shape index (κ2) is 6.17. The van der Waals surface area contributed by atoms with E-state index < -0.39 is 0 Å². The Morgan fingerprint density at radius 3 is 2.89 bits per heavy atom. The number of aromatic nitrogens is 3. The molecular weight excluding hydrogens is 242 g/mol. The Hall–Kier alpha value is -1.39. The Kier molecular flexibility index (Phi) is 4.56. The van der Waals surface area contributed by atoms with Gasteiger partial charge in [0, 0.05) is 6.54 Å². The summed E-state index contributed by atoms with van der Waals surface area (Å²) >= 11 is 0. The fraction of sp³-hybridized carbons (Fsp3) is 0.786. The normalized spacial score (nSPS) is 23.3. The van der Waals surface area contributed by atoms with Crippen molar-refractivity contribution >= 4 is 5.97 Å². The van der Waals surface area contributed by atoms with Crippen molar-refractivity contribution in [2.45, 2.75) is 53.0 Å². The van der Waals surface area contributed by atoms with Crippen LogP contribution in [0.25, 0.3) is 0 Å². The van der Waals surface area contributed by atoms with Crippen molar-refractivity contribution in [3.8, 4) is 0 Å². The molecule has 0 spiro atoms. The lowest BCUT2D eigenvalue weighted by Gasteiger charge is -2.27. The van der Waals surface area contributed by atoms with Gasteiger partial charge >= 0.3 is 5.97 Å². The first kappa shape index (κ1) is 14.0. The minimum Gasteiger partial charge on any atom is -0.460 e. The van der Waals surface area contributed by atoms with E-state index in [9.17, 15) is 4.79 Å². The number of aryl methyl sites for hydroxylation is 1. The van der Waals surface area contributed by atoms with E-state index in [0.717, 1.165) is 18.3 Å². The van der Waals surface area contributed by atoms with Gasteiger partial charge in [-0.05, 0) is 38.5 Å². The molecule has 1 fully saturated rings. The molecule has 1 heterocycles. The van der Waals surface area contributed by atoms with Crippen LogP contribution in [0.5, 0.6) is 0 Å². The van der Waals surface area contributed by atoms with E-state index in [-0.39, 0.29) is 5.97 Å². The summed E-state index contributed by atoms with van der Waals surface area (Å²) in [5.74, 6) is 2.17. The largest absolute Gasteiger partial charge is 0.460 e. The van der Waals surface area contributed by atoms with Crippen molar-refractivity contribution < 1.29 is 9.53 Å². The fourth-order valence-corrected chi connectivity index (χ4v) is 2.93. The molecule has 1 aliphatic rings. The van der Waals surface area contributed by atoms with Crippen LogP contribution in [-0.2, 0) is 11.3 Å². The molecule has 0 aromatic carbocycles. The Morgan fingerprint density at radius 1 is 1.42 bits per heavy atom.